The predicted octanol–water partition coefficient (Wildman–Crippen LogP) is 2.12. The molecule has 100 valence electrons. The molecule has 1 rings (SSSR count). The first kappa shape index (κ1) is 14.9. The Balaban J connectivity index is 2.20. The summed E-state index contributed by atoms with van der Waals surface area (Å²) in [6, 6.07) is 10.7. The molecule has 1 unspecified atom stereocenters. The minimum absolute atomic E-state index is 0.284. The highest BCUT2D eigenvalue weighted by Gasteiger charge is 2.06. The lowest BCUT2D eigenvalue weighted by atomic mass is 10.1. The molecule has 3 nitrogen and oxygen atoms in total. The van der Waals surface area contributed by atoms with E-state index in [0.29, 0.717) is 11.7 Å². The van der Waals surface area contributed by atoms with Crippen molar-refractivity contribution in [1.82, 2.24) is 10.6 Å². The van der Waals surface area contributed by atoms with E-state index in [0.717, 1.165) is 19.4 Å². The highest BCUT2D eigenvalue weighted by Crippen LogP contribution is 1.98. The first-order chi connectivity index (χ1) is 8.76. The average molecular weight is 266 g/mol. The van der Waals surface area contributed by atoms with E-state index < -0.39 is 0 Å². The van der Waals surface area contributed by atoms with E-state index in [-0.39, 0.29) is 6.04 Å². The van der Waals surface area contributed by atoms with Gasteiger partial charge in [0.05, 0.1) is 12.6 Å². The van der Waals surface area contributed by atoms with Gasteiger partial charge in [-0.1, -0.05) is 37.3 Å². The summed E-state index contributed by atoms with van der Waals surface area (Å²) in [4.78, 5) is 0. The number of rotatable bonds is 7. The number of nitrogens with one attached hydrogen (secondary N) is 2. The minimum atomic E-state index is 0.284. The van der Waals surface area contributed by atoms with E-state index in [1.165, 1.54) is 5.56 Å². The van der Waals surface area contributed by atoms with Crippen LogP contribution in [0.4, 0.5) is 0 Å². The normalized spacial score (nSPS) is 11.9. The molecular formula is C14H22N2OS. The summed E-state index contributed by atoms with van der Waals surface area (Å²) in [7, 11) is 1.70. The molecule has 1 aromatic carbocycles. The van der Waals surface area contributed by atoms with E-state index in [1.807, 2.05) is 6.07 Å². The molecule has 0 aliphatic rings. The third kappa shape index (κ3) is 5.98. The number of thiocarbonyl (C=S) groups is 1. The Labute approximate surface area is 115 Å². The maximum absolute atomic E-state index is 5.25. The fourth-order valence-corrected chi connectivity index (χ4v) is 1.93. The number of methoxy groups -OCH3 is 1. The molecule has 0 saturated heterocycles. The second-order valence-electron chi connectivity index (χ2n) is 4.20. The van der Waals surface area contributed by atoms with Gasteiger partial charge in [0.1, 0.15) is 0 Å². The third-order valence-electron chi connectivity index (χ3n) is 2.74. The molecule has 0 aliphatic carbocycles. The van der Waals surface area contributed by atoms with Gasteiger partial charge in [0.25, 0.3) is 0 Å². The second-order valence-corrected chi connectivity index (χ2v) is 4.60. The summed E-state index contributed by atoms with van der Waals surface area (Å²) in [6.45, 7) is 3.64. The molecule has 0 amide bonds. The summed E-state index contributed by atoms with van der Waals surface area (Å²) in [5.41, 5.74) is 1.32. The van der Waals surface area contributed by atoms with Gasteiger partial charge in [-0.25, -0.2) is 0 Å². The molecule has 0 fully saturated rings. The van der Waals surface area contributed by atoms with Gasteiger partial charge in [-0.15, -0.1) is 0 Å². The van der Waals surface area contributed by atoms with Gasteiger partial charge in [0.15, 0.2) is 5.11 Å². The monoisotopic (exact) mass is 266 g/mol. The lowest BCUT2D eigenvalue weighted by Gasteiger charge is -2.18. The molecule has 0 saturated carbocycles. The molecule has 18 heavy (non-hydrogen) atoms. The quantitative estimate of drug-likeness (QED) is 0.741. The molecule has 0 bridgehead atoms. The average Bonchev–Trinajstić information content (AvgIpc) is 2.39. The van der Waals surface area contributed by atoms with E-state index >= 15 is 0 Å². The zero-order valence-corrected chi connectivity index (χ0v) is 11.9. The van der Waals surface area contributed by atoms with Crippen LogP contribution in [0.5, 0.6) is 0 Å². The molecule has 0 spiro atoms. The summed E-state index contributed by atoms with van der Waals surface area (Å²) in [5.74, 6) is 0. The van der Waals surface area contributed by atoms with Gasteiger partial charge < -0.3 is 15.4 Å². The third-order valence-corrected chi connectivity index (χ3v) is 3.00. The first-order valence-electron chi connectivity index (χ1n) is 6.33. The zero-order valence-electron chi connectivity index (χ0n) is 11.1. The van der Waals surface area contributed by atoms with Gasteiger partial charge in [-0.3, -0.25) is 0 Å². The topological polar surface area (TPSA) is 33.3 Å². The molecule has 1 aromatic rings. The van der Waals surface area contributed by atoms with Gasteiger partial charge in [-0.05, 0) is 30.6 Å². The van der Waals surface area contributed by atoms with Gasteiger partial charge in [0, 0.05) is 13.7 Å². The van der Waals surface area contributed by atoms with Crippen molar-refractivity contribution < 1.29 is 4.74 Å². The second kappa shape index (κ2) is 8.89. The predicted molar refractivity (Wildman–Crippen MR) is 79.8 cm³/mol. The fourth-order valence-electron chi connectivity index (χ4n) is 1.66. The van der Waals surface area contributed by atoms with E-state index in [1.54, 1.807) is 7.11 Å². The molecule has 4 heteroatoms. The van der Waals surface area contributed by atoms with Gasteiger partial charge in [0.2, 0.25) is 0 Å². The van der Waals surface area contributed by atoms with Crippen molar-refractivity contribution in [2.75, 3.05) is 20.3 Å². The van der Waals surface area contributed by atoms with Crippen molar-refractivity contribution in [3.8, 4) is 0 Å². The van der Waals surface area contributed by atoms with Crippen LogP contribution < -0.4 is 10.6 Å². The van der Waals surface area contributed by atoms with Crippen molar-refractivity contribution in [2.24, 2.45) is 0 Å². The largest absolute Gasteiger partial charge is 0.383 e. The molecule has 0 heterocycles. The molecule has 0 aromatic heterocycles. The van der Waals surface area contributed by atoms with Crippen LogP contribution in [0.1, 0.15) is 18.9 Å². The summed E-state index contributed by atoms with van der Waals surface area (Å²) in [5, 5.41) is 7.17. The summed E-state index contributed by atoms with van der Waals surface area (Å²) < 4.78 is 5.12. The number of benzene rings is 1. The number of ether oxygens (including phenoxy) is 1. The van der Waals surface area contributed by atoms with Crippen molar-refractivity contribution >= 4 is 17.3 Å². The van der Waals surface area contributed by atoms with Crippen molar-refractivity contribution in [2.45, 2.75) is 25.8 Å². The maximum Gasteiger partial charge on any atom is 0.166 e. The Hall–Kier alpha value is -1.13. The van der Waals surface area contributed by atoms with E-state index in [9.17, 15) is 0 Å². The molecular weight excluding hydrogens is 244 g/mol. The molecule has 0 aliphatic heterocycles. The molecule has 2 N–H and O–H groups in total. The van der Waals surface area contributed by atoms with Crippen LogP contribution in [0, 0.1) is 0 Å². The minimum Gasteiger partial charge on any atom is -0.383 e. The van der Waals surface area contributed by atoms with Crippen molar-refractivity contribution in [3.05, 3.63) is 35.9 Å². The summed E-state index contributed by atoms with van der Waals surface area (Å²) >= 11 is 5.25. The van der Waals surface area contributed by atoms with Crippen LogP contribution >= 0.6 is 12.2 Å². The standard InChI is InChI=1S/C14H22N2OS/c1-3-13(11-17-2)16-14(18)15-10-9-12-7-5-4-6-8-12/h4-8,13H,3,9-11H2,1-2H3,(H2,15,16,18). The van der Waals surface area contributed by atoms with Crippen molar-refractivity contribution in [3.63, 3.8) is 0 Å². The van der Waals surface area contributed by atoms with Crippen molar-refractivity contribution in [1.29, 1.82) is 0 Å². The highest BCUT2D eigenvalue weighted by atomic mass is 32.1. The first-order valence-corrected chi connectivity index (χ1v) is 6.74. The number of hydrogen-bond donors (Lipinski definition) is 2. The van der Waals surface area contributed by atoms with Crippen LogP contribution in [0.15, 0.2) is 30.3 Å². The lowest BCUT2D eigenvalue weighted by Crippen LogP contribution is -2.44. The van der Waals surface area contributed by atoms with E-state index in [4.69, 9.17) is 17.0 Å². The Morgan fingerprint density at radius 1 is 1.33 bits per heavy atom. The molecule has 0 radical (unpaired) electrons. The molecule has 1 atom stereocenters. The zero-order chi connectivity index (χ0) is 13.2. The van der Waals surface area contributed by atoms with Crippen LogP contribution in [-0.2, 0) is 11.2 Å². The van der Waals surface area contributed by atoms with Gasteiger partial charge >= 0.3 is 0 Å². The Morgan fingerprint density at radius 3 is 2.67 bits per heavy atom. The smallest absolute Gasteiger partial charge is 0.166 e. The van der Waals surface area contributed by atoms with Crippen LogP contribution in [0.25, 0.3) is 0 Å². The SMILES string of the molecule is CCC(COC)NC(=S)NCCc1ccccc1. The van der Waals surface area contributed by atoms with Crippen LogP contribution in [0.3, 0.4) is 0 Å². The van der Waals surface area contributed by atoms with Crippen LogP contribution in [-0.4, -0.2) is 31.4 Å². The number of hydrogen-bond acceptors (Lipinski definition) is 2. The fraction of sp³-hybridized carbons (Fsp3) is 0.500. The van der Waals surface area contributed by atoms with Gasteiger partial charge in [-0.2, -0.15) is 0 Å². The highest BCUT2D eigenvalue weighted by molar-refractivity contribution is 7.80. The van der Waals surface area contributed by atoms with E-state index in [2.05, 4.69) is 41.8 Å². The Kier molecular flexibility index (Phi) is 7.37. The Morgan fingerprint density at radius 2 is 2.06 bits per heavy atom. The summed E-state index contributed by atoms with van der Waals surface area (Å²) in [6.07, 6.45) is 1.97. The lowest BCUT2D eigenvalue weighted by molar-refractivity contribution is 0.172. The van der Waals surface area contributed by atoms with Crippen LogP contribution in [0.2, 0.25) is 0 Å². The Bertz CT molecular complexity index is 343. The maximum atomic E-state index is 5.25.